The van der Waals surface area contributed by atoms with Crippen LogP contribution in [-0.4, -0.2) is 28.9 Å². The van der Waals surface area contributed by atoms with E-state index in [4.69, 9.17) is 14.0 Å². The second-order valence-corrected chi connectivity index (χ2v) is 7.27. The van der Waals surface area contributed by atoms with Crippen LogP contribution in [0.25, 0.3) is 39.3 Å². The number of aromatic nitrogens is 3. The largest absolute Gasteiger partial charge is 0.497 e. The van der Waals surface area contributed by atoms with Crippen molar-refractivity contribution in [3.63, 3.8) is 0 Å². The van der Waals surface area contributed by atoms with E-state index in [9.17, 15) is 9.18 Å². The summed E-state index contributed by atoms with van der Waals surface area (Å²) in [7, 11) is 3.12. The highest BCUT2D eigenvalue weighted by molar-refractivity contribution is 5.94. The van der Waals surface area contributed by atoms with Crippen LogP contribution in [0.5, 0.6) is 11.5 Å². The monoisotopic (exact) mass is 443 g/mol. The summed E-state index contributed by atoms with van der Waals surface area (Å²) in [6.07, 6.45) is 1.59. The molecule has 0 N–H and O–H groups in total. The Balaban J connectivity index is 1.70. The van der Waals surface area contributed by atoms with Crippen molar-refractivity contribution in [3.05, 3.63) is 89.1 Å². The van der Waals surface area contributed by atoms with Crippen molar-refractivity contribution >= 4 is 10.8 Å². The first-order chi connectivity index (χ1) is 16.1. The molecule has 5 aromatic rings. The minimum Gasteiger partial charge on any atom is -0.497 e. The minimum atomic E-state index is -0.443. The number of fused-ring (bicyclic) bond motifs is 1. The molecular formula is C25H18FN3O4. The van der Waals surface area contributed by atoms with Crippen molar-refractivity contribution < 1.29 is 18.4 Å². The van der Waals surface area contributed by atoms with Crippen molar-refractivity contribution in [3.8, 4) is 40.0 Å². The van der Waals surface area contributed by atoms with Crippen LogP contribution in [0, 0.1) is 5.82 Å². The second-order valence-electron chi connectivity index (χ2n) is 7.27. The molecule has 5 rings (SSSR count). The molecule has 0 saturated carbocycles. The van der Waals surface area contributed by atoms with Crippen molar-refractivity contribution in [2.24, 2.45) is 0 Å². The van der Waals surface area contributed by atoms with Gasteiger partial charge in [0.2, 0.25) is 5.82 Å². The highest BCUT2D eigenvalue weighted by Gasteiger charge is 2.18. The van der Waals surface area contributed by atoms with E-state index in [-0.39, 0.29) is 11.4 Å². The van der Waals surface area contributed by atoms with Crippen molar-refractivity contribution in [1.82, 2.24) is 14.7 Å². The molecule has 0 amide bonds. The number of hydrogen-bond donors (Lipinski definition) is 0. The number of halogens is 1. The molecule has 0 bridgehead atoms. The Morgan fingerprint density at radius 2 is 1.64 bits per heavy atom. The van der Waals surface area contributed by atoms with Gasteiger partial charge in [-0.3, -0.25) is 9.36 Å². The van der Waals surface area contributed by atoms with Crippen LogP contribution in [0.1, 0.15) is 0 Å². The average molecular weight is 443 g/mol. The summed E-state index contributed by atoms with van der Waals surface area (Å²) in [4.78, 5) is 17.7. The normalized spacial score (nSPS) is 11.0. The van der Waals surface area contributed by atoms with E-state index in [1.54, 1.807) is 68.9 Å². The fourth-order valence-electron chi connectivity index (χ4n) is 3.67. The van der Waals surface area contributed by atoms with Gasteiger partial charge in [0.15, 0.2) is 0 Å². The molecule has 0 spiro atoms. The molecule has 0 fully saturated rings. The first-order valence-corrected chi connectivity index (χ1v) is 10.1. The lowest BCUT2D eigenvalue weighted by atomic mass is 10.1. The molecule has 3 aromatic carbocycles. The lowest BCUT2D eigenvalue weighted by Crippen LogP contribution is -2.18. The summed E-state index contributed by atoms with van der Waals surface area (Å²) < 4.78 is 31.5. The molecule has 0 aliphatic rings. The molecule has 2 aromatic heterocycles. The predicted molar refractivity (Wildman–Crippen MR) is 121 cm³/mol. The zero-order valence-corrected chi connectivity index (χ0v) is 17.8. The predicted octanol–water partition coefficient (Wildman–Crippen LogP) is 4.86. The van der Waals surface area contributed by atoms with Gasteiger partial charge in [-0.05, 0) is 36.4 Å². The number of benzene rings is 3. The Morgan fingerprint density at radius 1 is 0.909 bits per heavy atom. The molecule has 0 aliphatic carbocycles. The molecule has 0 atom stereocenters. The van der Waals surface area contributed by atoms with E-state index >= 15 is 0 Å². The zero-order chi connectivity index (χ0) is 22.9. The highest BCUT2D eigenvalue weighted by atomic mass is 19.1. The molecular weight excluding hydrogens is 425 g/mol. The van der Waals surface area contributed by atoms with Crippen LogP contribution >= 0.6 is 0 Å². The second kappa shape index (κ2) is 8.23. The fraction of sp³-hybridized carbons (Fsp3) is 0.0800. The summed E-state index contributed by atoms with van der Waals surface area (Å²) in [6.45, 7) is 0. The van der Waals surface area contributed by atoms with E-state index in [0.29, 0.717) is 44.9 Å². The van der Waals surface area contributed by atoms with Gasteiger partial charge < -0.3 is 14.0 Å². The Hall–Kier alpha value is -4.46. The Bertz CT molecular complexity index is 1520. The molecule has 0 unspecified atom stereocenters. The number of methoxy groups -OCH3 is 2. The summed E-state index contributed by atoms with van der Waals surface area (Å²) in [6, 6.07) is 18.2. The van der Waals surface area contributed by atoms with Crippen LogP contribution in [-0.2, 0) is 0 Å². The number of pyridine rings is 1. The van der Waals surface area contributed by atoms with Gasteiger partial charge in [0.25, 0.3) is 11.4 Å². The smallest absolute Gasteiger partial charge is 0.262 e. The standard InChI is InChI=1S/C25H18FN3O4/c1-31-18-10-15(11-19(13-18)32-2)23-27-24(33-28-23)22-14-29(17-7-5-6-16(26)12-17)25(30)21-9-4-3-8-20(21)22/h3-14H,1-2H3. The zero-order valence-electron chi connectivity index (χ0n) is 17.8. The van der Waals surface area contributed by atoms with Crippen LogP contribution in [0.15, 0.2) is 82.2 Å². The molecule has 0 saturated heterocycles. The maximum Gasteiger partial charge on any atom is 0.262 e. The number of hydrogen-bond acceptors (Lipinski definition) is 6. The summed E-state index contributed by atoms with van der Waals surface area (Å²) in [5.74, 6) is 1.27. The summed E-state index contributed by atoms with van der Waals surface area (Å²) in [5.41, 5.74) is 1.30. The van der Waals surface area contributed by atoms with Crippen molar-refractivity contribution in [2.45, 2.75) is 0 Å². The van der Waals surface area contributed by atoms with E-state index < -0.39 is 5.82 Å². The molecule has 2 heterocycles. The van der Waals surface area contributed by atoms with E-state index in [0.717, 1.165) is 0 Å². The average Bonchev–Trinajstić information content (AvgIpc) is 3.34. The van der Waals surface area contributed by atoms with Gasteiger partial charge in [0.1, 0.15) is 17.3 Å². The highest BCUT2D eigenvalue weighted by Crippen LogP contribution is 2.31. The third-order valence-corrected chi connectivity index (χ3v) is 5.28. The fourth-order valence-corrected chi connectivity index (χ4v) is 3.67. The molecule has 33 heavy (non-hydrogen) atoms. The quantitative estimate of drug-likeness (QED) is 0.386. The minimum absolute atomic E-state index is 0.216. The van der Waals surface area contributed by atoms with Crippen molar-refractivity contribution in [1.29, 1.82) is 0 Å². The Morgan fingerprint density at radius 3 is 2.33 bits per heavy atom. The van der Waals surface area contributed by atoms with Crippen LogP contribution in [0.4, 0.5) is 4.39 Å². The SMILES string of the molecule is COc1cc(OC)cc(-c2noc(-c3cn(-c4cccc(F)c4)c(=O)c4ccccc34)n2)c1. The lowest BCUT2D eigenvalue weighted by Gasteiger charge is -2.10. The van der Waals surface area contributed by atoms with Gasteiger partial charge in [-0.15, -0.1) is 0 Å². The van der Waals surface area contributed by atoms with Gasteiger partial charge in [-0.25, -0.2) is 4.39 Å². The number of ether oxygens (including phenoxy) is 2. The van der Waals surface area contributed by atoms with E-state index in [1.165, 1.54) is 16.7 Å². The molecule has 8 heteroatoms. The number of rotatable bonds is 5. The molecule has 0 radical (unpaired) electrons. The first kappa shape index (κ1) is 20.4. The third-order valence-electron chi connectivity index (χ3n) is 5.28. The molecule has 164 valence electrons. The van der Waals surface area contributed by atoms with E-state index in [1.807, 2.05) is 6.07 Å². The van der Waals surface area contributed by atoms with Crippen LogP contribution in [0.2, 0.25) is 0 Å². The van der Waals surface area contributed by atoms with Crippen molar-refractivity contribution in [2.75, 3.05) is 14.2 Å². The first-order valence-electron chi connectivity index (χ1n) is 10.1. The van der Waals surface area contributed by atoms with Gasteiger partial charge in [-0.2, -0.15) is 4.98 Å². The molecule has 0 aliphatic heterocycles. The maximum atomic E-state index is 13.9. The topological polar surface area (TPSA) is 79.4 Å². The Kier molecular flexibility index (Phi) is 5.10. The van der Waals surface area contributed by atoms with Crippen LogP contribution < -0.4 is 15.0 Å². The van der Waals surface area contributed by atoms with Crippen LogP contribution in [0.3, 0.4) is 0 Å². The maximum absolute atomic E-state index is 13.9. The van der Waals surface area contributed by atoms with Gasteiger partial charge >= 0.3 is 0 Å². The number of nitrogens with zero attached hydrogens (tertiary/aromatic N) is 3. The van der Waals surface area contributed by atoms with Gasteiger partial charge in [0, 0.05) is 28.6 Å². The van der Waals surface area contributed by atoms with E-state index in [2.05, 4.69) is 10.1 Å². The lowest BCUT2D eigenvalue weighted by molar-refractivity contribution is 0.394. The third kappa shape index (κ3) is 3.71. The van der Waals surface area contributed by atoms with Gasteiger partial charge in [0.05, 0.1) is 25.5 Å². The summed E-state index contributed by atoms with van der Waals surface area (Å²) in [5, 5.41) is 5.21. The molecule has 7 nitrogen and oxygen atoms in total. The Labute approximate surface area is 187 Å². The summed E-state index contributed by atoms with van der Waals surface area (Å²) >= 11 is 0. The van der Waals surface area contributed by atoms with Gasteiger partial charge in [-0.1, -0.05) is 29.4 Å².